The summed E-state index contributed by atoms with van der Waals surface area (Å²) in [5.41, 5.74) is 7.18. The molecule has 60 valence electrons. The summed E-state index contributed by atoms with van der Waals surface area (Å²) in [6.07, 6.45) is 1.02. The van der Waals surface area contributed by atoms with E-state index in [2.05, 4.69) is 12.3 Å². The van der Waals surface area contributed by atoms with Crippen molar-refractivity contribution < 1.29 is 0 Å². The molecule has 1 aliphatic heterocycles. The van der Waals surface area contributed by atoms with Gasteiger partial charge in [-0.2, -0.15) is 0 Å². The van der Waals surface area contributed by atoms with Crippen LogP contribution < -0.4 is 5.73 Å². The van der Waals surface area contributed by atoms with Crippen LogP contribution in [0, 0.1) is 0 Å². The number of fused-ring (bicyclic) bond motifs is 1. The predicted molar refractivity (Wildman–Crippen MR) is 49.4 cm³/mol. The lowest BCUT2D eigenvalue weighted by Gasteiger charge is -2.27. The first kappa shape index (κ1) is 7.59. The highest BCUT2D eigenvalue weighted by molar-refractivity contribution is 7.11. The first-order chi connectivity index (χ1) is 5.25. The maximum Gasteiger partial charge on any atom is 0.0591 e. The Hall–Kier alpha value is -0.0500. The van der Waals surface area contributed by atoms with Crippen LogP contribution in [0.5, 0.6) is 0 Å². The Morgan fingerprint density at radius 1 is 1.82 bits per heavy atom. The lowest BCUT2D eigenvalue weighted by Crippen LogP contribution is -2.30. The van der Waals surface area contributed by atoms with Crippen LogP contribution in [0.25, 0.3) is 0 Å². The number of halogens is 1. The van der Waals surface area contributed by atoms with Crippen LogP contribution in [-0.4, -0.2) is 6.04 Å². The van der Waals surface area contributed by atoms with Crippen molar-refractivity contribution >= 4 is 22.9 Å². The summed E-state index contributed by atoms with van der Waals surface area (Å²) in [6.45, 7) is 2.11. The molecule has 0 fully saturated rings. The Kier molecular flexibility index (Phi) is 1.71. The fourth-order valence-corrected chi connectivity index (χ4v) is 3.19. The first-order valence-corrected chi connectivity index (χ1v) is 5.03. The summed E-state index contributed by atoms with van der Waals surface area (Å²) in [6, 6.07) is 0.272. The largest absolute Gasteiger partial charge is 0.327 e. The molecule has 0 amide bonds. The van der Waals surface area contributed by atoms with Crippen LogP contribution in [0.3, 0.4) is 0 Å². The molecule has 0 saturated carbocycles. The van der Waals surface area contributed by atoms with E-state index in [9.17, 15) is 0 Å². The van der Waals surface area contributed by atoms with E-state index in [0.717, 1.165) is 11.4 Å². The lowest BCUT2D eigenvalue weighted by molar-refractivity contribution is 0.569. The van der Waals surface area contributed by atoms with Gasteiger partial charge in [0.15, 0.2) is 0 Å². The van der Waals surface area contributed by atoms with E-state index in [1.54, 1.807) is 11.3 Å². The van der Waals surface area contributed by atoms with Crippen molar-refractivity contribution in [3.8, 4) is 0 Å². The van der Waals surface area contributed by atoms with Gasteiger partial charge in [0.05, 0.1) is 5.02 Å². The summed E-state index contributed by atoms with van der Waals surface area (Å²) in [7, 11) is 0. The molecule has 1 aliphatic carbocycles. The minimum Gasteiger partial charge on any atom is -0.327 e. The molecule has 0 saturated heterocycles. The van der Waals surface area contributed by atoms with Crippen molar-refractivity contribution in [2.24, 2.45) is 5.73 Å². The van der Waals surface area contributed by atoms with Gasteiger partial charge in [-0.15, -0.1) is 11.3 Å². The summed E-state index contributed by atoms with van der Waals surface area (Å²) < 4.78 is 0. The van der Waals surface area contributed by atoms with Gasteiger partial charge in [0.2, 0.25) is 0 Å². The highest BCUT2D eigenvalue weighted by atomic mass is 35.5. The van der Waals surface area contributed by atoms with Crippen LogP contribution in [-0.2, 0) is 0 Å². The molecule has 1 nitrogen and oxygen atoms in total. The van der Waals surface area contributed by atoms with E-state index in [-0.39, 0.29) is 6.04 Å². The number of rotatable bonds is 2. The van der Waals surface area contributed by atoms with Gasteiger partial charge >= 0.3 is 0 Å². The molecular weight excluding hydrogens is 178 g/mol. The van der Waals surface area contributed by atoms with Crippen molar-refractivity contribution in [3.05, 3.63) is 20.8 Å². The molecule has 1 aromatic heterocycles. The van der Waals surface area contributed by atoms with E-state index >= 15 is 0 Å². The van der Waals surface area contributed by atoms with Crippen LogP contribution in [0.4, 0.5) is 0 Å². The second kappa shape index (κ2) is 2.47. The van der Waals surface area contributed by atoms with E-state index < -0.39 is 0 Å². The molecule has 2 N–H and O–H groups in total. The second-order valence-electron chi connectivity index (χ2n) is 2.92. The van der Waals surface area contributed by atoms with Crippen molar-refractivity contribution in [1.29, 1.82) is 0 Å². The summed E-state index contributed by atoms with van der Waals surface area (Å²) >= 11 is 7.68. The topological polar surface area (TPSA) is 26.0 Å². The van der Waals surface area contributed by atoms with Gasteiger partial charge in [0.1, 0.15) is 0 Å². The van der Waals surface area contributed by atoms with Crippen molar-refractivity contribution in [1.82, 2.24) is 0 Å². The molecule has 11 heavy (non-hydrogen) atoms. The maximum atomic E-state index is 5.94. The summed E-state index contributed by atoms with van der Waals surface area (Å²) in [4.78, 5) is 1.29. The SMILES string of the molecule is CC[C@@H](N)C1c2csc1c2Cl. The second-order valence-corrected chi connectivity index (χ2v) is 4.21. The molecule has 3 rings (SSSR count). The van der Waals surface area contributed by atoms with Gasteiger partial charge in [0, 0.05) is 16.8 Å². The molecule has 2 bridgehead atoms. The van der Waals surface area contributed by atoms with Gasteiger partial charge in [-0.3, -0.25) is 0 Å². The third-order valence-corrected chi connectivity index (χ3v) is 3.92. The van der Waals surface area contributed by atoms with Crippen LogP contribution in [0.1, 0.15) is 29.7 Å². The third-order valence-electron chi connectivity index (χ3n) is 2.30. The highest BCUT2D eigenvalue weighted by Gasteiger charge is 2.36. The number of hydrogen-bond acceptors (Lipinski definition) is 2. The zero-order chi connectivity index (χ0) is 8.01. The Bertz CT molecular complexity index is 260. The van der Waals surface area contributed by atoms with Gasteiger partial charge in [0.25, 0.3) is 0 Å². The van der Waals surface area contributed by atoms with Crippen molar-refractivity contribution in [2.45, 2.75) is 25.3 Å². The van der Waals surface area contributed by atoms with Crippen LogP contribution in [0.15, 0.2) is 5.38 Å². The van der Waals surface area contributed by atoms with Crippen molar-refractivity contribution in [2.75, 3.05) is 0 Å². The van der Waals surface area contributed by atoms with E-state index in [1.165, 1.54) is 10.4 Å². The van der Waals surface area contributed by atoms with E-state index in [4.69, 9.17) is 17.3 Å². The quantitative estimate of drug-likeness (QED) is 0.757. The van der Waals surface area contributed by atoms with Crippen molar-refractivity contribution in [3.63, 3.8) is 0 Å². The minimum atomic E-state index is 0.272. The molecule has 1 aromatic rings. The average Bonchev–Trinajstić information content (AvgIpc) is 2.59. The Balaban J connectivity index is 2.23. The molecule has 2 heterocycles. The predicted octanol–water partition coefficient (Wildman–Crippen LogP) is 2.58. The van der Waals surface area contributed by atoms with Crippen LogP contribution >= 0.6 is 22.9 Å². The van der Waals surface area contributed by atoms with Gasteiger partial charge in [-0.1, -0.05) is 18.5 Å². The Labute approximate surface area is 75.2 Å². The van der Waals surface area contributed by atoms with E-state index in [0.29, 0.717) is 5.92 Å². The molecular formula is C8H10ClNS. The monoisotopic (exact) mass is 187 g/mol. The van der Waals surface area contributed by atoms with Gasteiger partial charge < -0.3 is 5.73 Å². The summed E-state index contributed by atoms with van der Waals surface area (Å²) in [5.74, 6) is 0.470. The van der Waals surface area contributed by atoms with Crippen LogP contribution in [0.2, 0.25) is 5.02 Å². The Morgan fingerprint density at radius 2 is 2.55 bits per heavy atom. The third kappa shape index (κ3) is 0.866. The standard InChI is InChI=1S/C8H10ClNS/c1-2-5(10)6-4-3-11-8(6)7(4)9/h3,5-6H,2,10H2,1H3/t5-,6?/m1/s1. The summed E-state index contributed by atoms with van der Waals surface area (Å²) in [5, 5.41) is 3.08. The number of hydrogen-bond donors (Lipinski definition) is 1. The Morgan fingerprint density at radius 3 is 2.91 bits per heavy atom. The minimum absolute atomic E-state index is 0.272. The normalized spacial score (nSPS) is 23.0. The fraction of sp³-hybridized carbons (Fsp3) is 0.500. The molecule has 3 heteroatoms. The number of thiophene rings is 1. The number of nitrogens with two attached hydrogens (primary N) is 1. The molecule has 2 aliphatic rings. The molecule has 0 spiro atoms. The van der Waals surface area contributed by atoms with Gasteiger partial charge in [-0.05, 0) is 17.4 Å². The molecule has 2 atom stereocenters. The lowest BCUT2D eigenvalue weighted by atomic mass is 9.83. The molecule has 1 unspecified atom stereocenters. The maximum absolute atomic E-state index is 5.94. The zero-order valence-corrected chi connectivity index (χ0v) is 7.88. The fourth-order valence-electron chi connectivity index (χ4n) is 1.52. The molecule has 0 aromatic carbocycles. The first-order valence-electron chi connectivity index (χ1n) is 3.78. The smallest absolute Gasteiger partial charge is 0.0591 e. The zero-order valence-electron chi connectivity index (χ0n) is 6.30. The highest BCUT2D eigenvalue weighted by Crippen LogP contribution is 2.51. The molecule has 0 radical (unpaired) electrons. The van der Waals surface area contributed by atoms with E-state index in [1.807, 2.05) is 0 Å². The van der Waals surface area contributed by atoms with Gasteiger partial charge in [-0.25, -0.2) is 0 Å². The average molecular weight is 188 g/mol.